The summed E-state index contributed by atoms with van der Waals surface area (Å²) in [4.78, 5) is 0. The molecule has 1 saturated carbocycles. The first-order valence-corrected chi connectivity index (χ1v) is 6.53. The van der Waals surface area contributed by atoms with Crippen molar-refractivity contribution < 1.29 is 0 Å². The minimum absolute atomic E-state index is 0.436. The summed E-state index contributed by atoms with van der Waals surface area (Å²) in [6.45, 7) is 2.23. The average Bonchev–Trinajstić information content (AvgIpc) is 2.68. The fourth-order valence-electron chi connectivity index (χ4n) is 2.69. The Hall–Kier alpha value is -0.300. The van der Waals surface area contributed by atoms with Gasteiger partial charge in [0.25, 0.3) is 0 Å². The SMILES string of the molecule is Cc1ccccc1C1(CBr)CCCC1. The molecule has 1 fully saturated rings. The molecule has 0 N–H and O–H groups in total. The number of halogens is 1. The maximum Gasteiger partial charge on any atom is 0.0129 e. The van der Waals surface area contributed by atoms with E-state index in [0.29, 0.717) is 5.41 Å². The Labute approximate surface area is 94.8 Å². The van der Waals surface area contributed by atoms with Crippen molar-refractivity contribution in [3.8, 4) is 0 Å². The number of hydrogen-bond donors (Lipinski definition) is 0. The smallest absolute Gasteiger partial charge is 0.0129 e. The summed E-state index contributed by atoms with van der Waals surface area (Å²) in [7, 11) is 0. The summed E-state index contributed by atoms with van der Waals surface area (Å²) in [6, 6.07) is 8.85. The molecule has 14 heavy (non-hydrogen) atoms. The lowest BCUT2D eigenvalue weighted by atomic mass is 9.79. The topological polar surface area (TPSA) is 0 Å². The summed E-state index contributed by atoms with van der Waals surface area (Å²) in [5, 5.41) is 1.12. The minimum atomic E-state index is 0.436. The van der Waals surface area contributed by atoms with E-state index in [1.165, 1.54) is 31.2 Å². The van der Waals surface area contributed by atoms with Crippen molar-refractivity contribution in [2.24, 2.45) is 0 Å². The van der Waals surface area contributed by atoms with Crippen molar-refractivity contribution in [1.82, 2.24) is 0 Å². The molecule has 0 atom stereocenters. The molecule has 1 aromatic carbocycles. The Morgan fingerprint density at radius 2 is 1.86 bits per heavy atom. The van der Waals surface area contributed by atoms with Crippen LogP contribution < -0.4 is 0 Å². The van der Waals surface area contributed by atoms with Gasteiger partial charge in [0, 0.05) is 10.7 Å². The lowest BCUT2D eigenvalue weighted by Crippen LogP contribution is -2.24. The van der Waals surface area contributed by atoms with E-state index >= 15 is 0 Å². The van der Waals surface area contributed by atoms with Gasteiger partial charge in [-0.05, 0) is 30.9 Å². The zero-order valence-corrected chi connectivity index (χ0v) is 10.3. The highest BCUT2D eigenvalue weighted by molar-refractivity contribution is 9.09. The number of benzene rings is 1. The molecule has 0 aliphatic heterocycles. The van der Waals surface area contributed by atoms with Crippen LogP contribution in [0.5, 0.6) is 0 Å². The van der Waals surface area contributed by atoms with Crippen molar-refractivity contribution in [2.75, 3.05) is 5.33 Å². The highest BCUT2D eigenvalue weighted by Gasteiger charge is 2.35. The van der Waals surface area contributed by atoms with Crippen molar-refractivity contribution in [1.29, 1.82) is 0 Å². The van der Waals surface area contributed by atoms with Crippen molar-refractivity contribution in [2.45, 2.75) is 38.0 Å². The first-order valence-electron chi connectivity index (χ1n) is 5.41. The van der Waals surface area contributed by atoms with E-state index in [9.17, 15) is 0 Å². The lowest BCUT2D eigenvalue weighted by molar-refractivity contribution is 0.502. The van der Waals surface area contributed by atoms with E-state index in [4.69, 9.17) is 0 Å². The molecule has 0 bridgehead atoms. The molecule has 0 radical (unpaired) electrons. The molecule has 0 aromatic heterocycles. The second kappa shape index (κ2) is 4.06. The Morgan fingerprint density at radius 3 is 2.43 bits per heavy atom. The van der Waals surface area contributed by atoms with Crippen molar-refractivity contribution in [3.63, 3.8) is 0 Å². The molecule has 0 nitrogen and oxygen atoms in total. The molecule has 1 heteroatoms. The summed E-state index contributed by atoms with van der Waals surface area (Å²) >= 11 is 3.70. The van der Waals surface area contributed by atoms with Gasteiger partial charge in [0.1, 0.15) is 0 Å². The van der Waals surface area contributed by atoms with Gasteiger partial charge in [-0.3, -0.25) is 0 Å². The fraction of sp³-hybridized carbons (Fsp3) is 0.538. The number of hydrogen-bond acceptors (Lipinski definition) is 0. The minimum Gasteiger partial charge on any atom is -0.0918 e. The fourth-order valence-corrected chi connectivity index (χ4v) is 3.56. The third-order valence-electron chi connectivity index (χ3n) is 3.53. The molecular weight excluding hydrogens is 236 g/mol. The van der Waals surface area contributed by atoms with Crippen LogP contribution in [-0.4, -0.2) is 5.33 Å². The van der Waals surface area contributed by atoms with Crippen LogP contribution in [0.3, 0.4) is 0 Å². The van der Waals surface area contributed by atoms with E-state index in [1.54, 1.807) is 5.56 Å². The third kappa shape index (κ3) is 1.63. The first-order chi connectivity index (χ1) is 6.78. The first kappa shape index (κ1) is 10.2. The number of aryl methyl sites for hydroxylation is 1. The van der Waals surface area contributed by atoms with E-state index in [1.807, 2.05) is 0 Å². The molecule has 0 amide bonds. The van der Waals surface area contributed by atoms with Gasteiger partial charge in [0.2, 0.25) is 0 Å². The van der Waals surface area contributed by atoms with Gasteiger partial charge in [-0.2, -0.15) is 0 Å². The Kier molecular flexibility index (Phi) is 2.96. The molecule has 2 rings (SSSR count). The third-order valence-corrected chi connectivity index (χ3v) is 4.61. The summed E-state index contributed by atoms with van der Waals surface area (Å²) in [6.07, 6.45) is 5.48. The standard InChI is InChI=1S/C13H17Br/c1-11-6-2-3-7-12(11)13(10-14)8-4-5-9-13/h2-3,6-7H,4-5,8-10H2,1H3. The summed E-state index contributed by atoms with van der Waals surface area (Å²) in [5.41, 5.74) is 3.45. The van der Waals surface area contributed by atoms with Gasteiger partial charge >= 0.3 is 0 Å². The van der Waals surface area contributed by atoms with Crippen LogP contribution in [0.15, 0.2) is 24.3 Å². The molecule has 1 aromatic rings. The predicted octanol–water partition coefficient (Wildman–Crippen LogP) is 4.20. The normalized spacial score (nSPS) is 19.9. The monoisotopic (exact) mass is 252 g/mol. The van der Waals surface area contributed by atoms with Crippen molar-refractivity contribution >= 4 is 15.9 Å². The van der Waals surface area contributed by atoms with Crippen LogP contribution in [0.25, 0.3) is 0 Å². The zero-order valence-electron chi connectivity index (χ0n) is 8.72. The van der Waals surface area contributed by atoms with E-state index in [0.717, 1.165) is 5.33 Å². The van der Waals surface area contributed by atoms with Crippen LogP contribution in [0.4, 0.5) is 0 Å². The second-order valence-electron chi connectivity index (χ2n) is 4.44. The Balaban J connectivity index is 2.41. The van der Waals surface area contributed by atoms with Gasteiger partial charge < -0.3 is 0 Å². The largest absolute Gasteiger partial charge is 0.0918 e. The molecule has 0 heterocycles. The van der Waals surface area contributed by atoms with Crippen LogP contribution in [0.2, 0.25) is 0 Å². The molecule has 0 saturated heterocycles. The number of rotatable bonds is 2. The summed E-state index contributed by atoms with van der Waals surface area (Å²) < 4.78 is 0. The van der Waals surface area contributed by atoms with Gasteiger partial charge in [-0.1, -0.05) is 53.0 Å². The maximum atomic E-state index is 3.70. The lowest BCUT2D eigenvalue weighted by Gasteiger charge is -2.28. The van der Waals surface area contributed by atoms with Gasteiger partial charge in [-0.15, -0.1) is 0 Å². The van der Waals surface area contributed by atoms with Crippen LogP contribution in [-0.2, 0) is 5.41 Å². The molecule has 0 unspecified atom stereocenters. The van der Waals surface area contributed by atoms with Crippen LogP contribution >= 0.6 is 15.9 Å². The van der Waals surface area contributed by atoms with Crippen molar-refractivity contribution in [3.05, 3.63) is 35.4 Å². The maximum absolute atomic E-state index is 3.70. The molecule has 76 valence electrons. The Bertz CT molecular complexity index is 311. The Morgan fingerprint density at radius 1 is 1.21 bits per heavy atom. The highest BCUT2D eigenvalue weighted by atomic mass is 79.9. The van der Waals surface area contributed by atoms with E-state index in [-0.39, 0.29) is 0 Å². The summed E-state index contributed by atoms with van der Waals surface area (Å²) in [5.74, 6) is 0. The highest BCUT2D eigenvalue weighted by Crippen LogP contribution is 2.43. The molecule has 1 aliphatic carbocycles. The second-order valence-corrected chi connectivity index (χ2v) is 5.00. The van der Waals surface area contributed by atoms with E-state index in [2.05, 4.69) is 47.1 Å². The molecule has 1 aliphatic rings. The predicted molar refractivity (Wildman–Crippen MR) is 65.1 cm³/mol. The zero-order chi connectivity index (χ0) is 10.0. The quantitative estimate of drug-likeness (QED) is 0.693. The van der Waals surface area contributed by atoms with Crippen LogP contribution in [0, 0.1) is 6.92 Å². The average molecular weight is 253 g/mol. The van der Waals surface area contributed by atoms with Gasteiger partial charge in [-0.25, -0.2) is 0 Å². The van der Waals surface area contributed by atoms with Gasteiger partial charge in [0.15, 0.2) is 0 Å². The number of alkyl halides is 1. The molecular formula is C13H17Br. The van der Waals surface area contributed by atoms with Crippen LogP contribution in [0.1, 0.15) is 36.8 Å². The van der Waals surface area contributed by atoms with Gasteiger partial charge in [0.05, 0.1) is 0 Å². The molecule has 0 spiro atoms. The van der Waals surface area contributed by atoms with E-state index < -0.39 is 0 Å².